The lowest BCUT2D eigenvalue weighted by molar-refractivity contribution is 0.0981. The number of methoxy groups -OCH3 is 2. The molecule has 3 aromatic rings. The van der Waals surface area contributed by atoms with Crippen LogP contribution in [0.25, 0.3) is 10.2 Å². The molecule has 0 atom stereocenters. The van der Waals surface area contributed by atoms with Gasteiger partial charge < -0.3 is 14.4 Å². The molecule has 1 heterocycles. The summed E-state index contributed by atoms with van der Waals surface area (Å²) >= 11 is 1.31. The van der Waals surface area contributed by atoms with Crippen molar-refractivity contribution in [3.63, 3.8) is 0 Å². The number of ether oxygens (including phenoxy) is 2. The van der Waals surface area contributed by atoms with Gasteiger partial charge in [0.15, 0.2) is 5.13 Å². The summed E-state index contributed by atoms with van der Waals surface area (Å²) in [6.45, 7) is 0.967. The number of benzene rings is 2. The van der Waals surface area contributed by atoms with Crippen LogP contribution in [0.5, 0.6) is 11.5 Å². The van der Waals surface area contributed by atoms with Crippen LogP contribution >= 0.6 is 23.7 Å². The normalized spacial score (nSPS) is 10.7. The molecule has 2 aromatic carbocycles. The molecule has 6 nitrogen and oxygen atoms in total. The molecule has 0 N–H and O–H groups in total. The van der Waals surface area contributed by atoms with E-state index in [1.165, 1.54) is 28.4 Å². The number of amides is 1. The number of rotatable bonds is 7. The van der Waals surface area contributed by atoms with Gasteiger partial charge in [-0.15, -0.1) is 12.4 Å². The second-order valence-corrected chi connectivity index (χ2v) is 7.36. The molecule has 0 radical (unpaired) electrons. The van der Waals surface area contributed by atoms with Crippen molar-refractivity contribution in [3.8, 4) is 11.5 Å². The van der Waals surface area contributed by atoms with E-state index in [9.17, 15) is 9.18 Å². The summed E-state index contributed by atoms with van der Waals surface area (Å²) in [7, 11) is 6.97. The van der Waals surface area contributed by atoms with Gasteiger partial charge in [0.1, 0.15) is 27.5 Å². The SMILES string of the molecule is COc1ccc(OC)c2sc(N(CCN(C)C)C(=O)c3ccccc3F)nc12.Cl. The Hall–Kier alpha value is -2.42. The highest BCUT2D eigenvalue weighted by Crippen LogP contribution is 2.40. The Bertz CT molecular complexity index is 955. The molecular weight excluding hydrogens is 417 g/mol. The van der Waals surface area contributed by atoms with Crippen LogP contribution in [-0.2, 0) is 0 Å². The van der Waals surface area contributed by atoms with Gasteiger partial charge in [-0.25, -0.2) is 9.37 Å². The quantitative estimate of drug-likeness (QED) is 0.555. The first-order chi connectivity index (χ1) is 13.5. The van der Waals surface area contributed by atoms with Crippen molar-refractivity contribution in [3.05, 3.63) is 47.8 Å². The predicted molar refractivity (Wildman–Crippen MR) is 117 cm³/mol. The highest BCUT2D eigenvalue weighted by Gasteiger charge is 2.25. The van der Waals surface area contributed by atoms with Gasteiger partial charge in [-0.3, -0.25) is 9.69 Å². The molecule has 0 aliphatic rings. The average molecular weight is 440 g/mol. The van der Waals surface area contributed by atoms with Gasteiger partial charge in [-0.05, 0) is 38.4 Å². The van der Waals surface area contributed by atoms with Gasteiger partial charge in [0, 0.05) is 13.1 Å². The van der Waals surface area contributed by atoms with Crippen LogP contribution in [0.2, 0.25) is 0 Å². The van der Waals surface area contributed by atoms with Crippen LogP contribution in [-0.4, -0.2) is 57.2 Å². The van der Waals surface area contributed by atoms with Crippen LogP contribution in [0.15, 0.2) is 36.4 Å². The summed E-state index contributed by atoms with van der Waals surface area (Å²) < 4.78 is 25.8. The highest BCUT2D eigenvalue weighted by atomic mass is 35.5. The largest absolute Gasteiger partial charge is 0.495 e. The number of hydrogen-bond donors (Lipinski definition) is 0. The predicted octanol–water partition coefficient (Wildman–Crippen LogP) is 4.08. The molecule has 0 saturated heterocycles. The highest BCUT2D eigenvalue weighted by molar-refractivity contribution is 7.22. The number of thiazole rings is 1. The van der Waals surface area contributed by atoms with E-state index in [2.05, 4.69) is 4.98 Å². The minimum Gasteiger partial charge on any atom is -0.495 e. The van der Waals surface area contributed by atoms with Crippen molar-refractivity contribution in [2.45, 2.75) is 0 Å². The van der Waals surface area contributed by atoms with E-state index < -0.39 is 11.7 Å². The molecule has 0 saturated carbocycles. The Balaban J connectivity index is 0.00000300. The number of likely N-dealkylation sites (N-methyl/N-ethyl adjacent to an activating group) is 1. The smallest absolute Gasteiger partial charge is 0.263 e. The van der Waals surface area contributed by atoms with Crippen LogP contribution in [0.3, 0.4) is 0 Å². The summed E-state index contributed by atoms with van der Waals surface area (Å²) in [5.41, 5.74) is 0.623. The summed E-state index contributed by atoms with van der Waals surface area (Å²) in [6.07, 6.45) is 0. The molecular formula is C20H23ClFN3O3S. The number of anilines is 1. The van der Waals surface area contributed by atoms with E-state index in [1.54, 1.807) is 38.5 Å². The Morgan fingerprint density at radius 3 is 2.34 bits per heavy atom. The molecule has 156 valence electrons. The zero-order chi connectivity index (χ0) is 20.3. The van der Waals surface area contributed by atoms with Gasteiger partial charge in [0.05, 0.1) is 19.8 Å². The van der Waals surface area contributed by atoms with E-state index in [4.69, 9.17) is 9.47 Å². The lowest BCUT2D eigenvalue weighted by atomic mass is 10.2. The van der Waals surface area contributed by atoms with E-state index in [0.717, 1.165) is 4.70 Å². The molecule has 0 fully saturated rings. The Morgan fingerprint density at radius 1 is 1.07 bits per heavy atom. The van der Waals surface area contributed by atoms with Crippen LogP contribution < -0.4 is 14.4 Å². The van der Waals surface area contributed by atoms with E-state index in [-0.39, 0.29) is 18.0 Å². The molecule has 0 aliphatic heterocycles. The van der Waals surface area contributed by atoms with Crippen LogP contribution in [0.4, 0.5) is 9.52 Å². The first-order valence-corrected chi connectivity index (χ1v) is 9.50. The number of nitrogens with zero attached hydrogens (tertiary/aromatic N) is 3. The second-order valence-electron chi connectivity index (χ2n) is 6.38. The van der Waals surface area contributed by atoms with Crippen molar-refractivity contribution in [2.75, 3.05) is 46.3 Å². The standard InChI is InChI=1S/C20H22FN3O3S.ClH/c1-23(2)11-12-24(19(25)13-7-5-6-8-14(13)21)20-22-17-15(26-3)9-10-16(27-4)18(17)28-20;/h5-10H,11-12H2,1-4H3;1H. The third-order valence-corrected chi connectivity index (χ3v) is 5.34. The fourth-order valence-electron chi connectivity index (χ4n) is 2.75. The Morgan fingerprint density at radius 2 is 1.72 bits per heavy atom. The van der Waals surface area contributed by atoms with Crippen molar-refractivity contribution >= 4 is 45.0 Å². The minimum atomic E-state index is -0.557. The molecule has 0 aliphatic carbocycles. The summed E-state index contributed by atoms with van der Waals surface area (Å²) in [6, 6.07) is 9.53. The van der Waals surface area contributed by atoms with Gasteiger partial charge in [0.25, 0.3) is 5.91 Å². The summed E-state index contributed by atoms with van der Waals surface area (Å²) in [5, 5.41) is 0.466. The van der Waals surface area contributed by atoms with Crippen molar-refractivity contribution < 1.29 is 18.7 Å². The van der Waals surface area contributed by atoms with Crippen molar-refractivity contribution in [1.82, 2.24) is 9.88 Å². The number of hydrogen-bond acceptors (Lipinski definition) is 6. The molecule has 1 amide bonds. The van der Waals surface area contributed by atoms with E-state index in [1.807, 2.05) is 19.0 Å². The third kappa shape index (κ3) is 4.77. The third-order valence-electron chi connectivity index (χ3n) is 4.25. The number of carbonyl (C=O) groups excluding carboxylic acids is 1. The fraction of sp³-hybridized carbons (Fsp3) is 0.300. The number of carbonyl (C=O) groups is 1. The van der Waals surface area contributed by atoms with Gasteiger partial charge in [-0.2, -0.15) is 0 Å². The molecule has 0 unspecified atom stereocenters. The molecule has 0 bridgehead atoms. The zero-order valence-corrected chi connectivity index (χ0v) is 18.3. The second kappa shape index (κ2) is 9.87. The monoisotopic (exact) mass is 439 g/mol. The lowest BCUT2D eigenvalue weighted by Crippen LogP contribution is -2.37. The number of halogens is 2. The molecule has 29 heavy (non-hydrogen) atoms. The van der Waals surface area contributed by atoms with Crippen LogP contribution in [0, 0.1) is 5.82 Å². The topological polar surface area (TPSA) is 54.9 Å². The Labute approximate surface area is 179 Å². The summed E-state index contributed by atoms with van der Waals surface area (Å²) in [5.74, 6) is 0.241. The molecule has 9 heteroatoms. The van der Waals surface area contributed by atoms with E-state index >= 15 is 0 Å². The first kappa shape index (κ1) is 22.9. The van der Waals surface area contributed by atoms with Crippen molar-refractivity contribution in [2.24, 2.45) is 0 Å². The van der Waals surface area contributed by atoms with Gasteiger partial charge >= 0.3 is 0 Å². The average Bonchev–Trinajstić information content (AvgIpc) is 3.12. The number of fused-ring (bicyclic) bond motifs is 1. The maximum Gasteiger partial charge on any atom is 0.263 e. The minimum absolute atomic E-state index is 0. The maximum atomic E-state index is 14.2. The lowest BCUT2D eigenvalue weighted by Gasteiger charge is -2.22. The van der Waals surface area contributed by atoms with Gasteiger partial charge in [-0.1, -0.05) is 23.5 Å². The zero-order valence-electron chi connectivity index (χ0n) is 16.6. The fourth-order valence-corrected chi connectivity index (χ4v) is 3.85. The van der Waals surface area contributed by atoms with Crippen molar-refractivity contribution in [1.29, 1.82) is 0 Å². The van der Waals surface area contributed by atoms with Gasteiger partial charge in [0.2, 0.25) is 0 Å². The number of aromatic nitrogens is 1. The van der Waals surface area contributed by atoms with Crippen LogP contribution in [0.1, 0.15) is 10.4 Å². The molecule has 0 spiro atoms. The molecule has 3 rings (SSSR count). The maximum absolute atomic E-state index is 14.2. The van der Waals surface area contributed by atoms with E-state index in [0.29, 0.717) is 35.2 Å². The first-order valence-electron chi connectivity index (χ1n) is 8.69. The molecule has 1 aromatic heterocycles. The summed E-state index contributed by atoms with van der Waals surface area (Å²) in [4.78, 5) is 21.2. The Kier molecular flexibility index (Phi) is 7.78.